The summed E-state index contributed by atoms with van der Waals surface area (Å²) in [5, 5.41) is 10.3. The number of rotatable bonds is 8. The number of carbonyl (C=O) groups excluding carboxylic acids is 1. The Bertz CT molecular complexity index is 819. The Morgan fingerprint density at radius 1 is 1.14 bits per heavy atom. The summed E-state index contributed by atoms with van der Waals surface area (Å²) in [7, 11) is 0. The van der Waals surface area contributed by atoms with Crippen molar-refractivity contribution >= 4 is 6.09 Å². The second-order valence-electron chi connectivity index (χ2n) is 7.01. The van der Waals surface area contributed by atoms with Crippen LogP contribution in [0.4, 0.5) is 4.79 Å². The van der Waals surface area contributed by atoms with Gasteiger partial charge in [0.25, 0.3) is 0 Å². The quantitative estimate of drug-likeness (QED) is 0.661. The maximum absolute atomic E-state index is 12.7. The van der Waals surface area contributed by atoms with Gasteiger partial charge in [-0.05, 0) is 42.5 Å². The maximum Gasteiger partial charge on any atom is 0.419 e. The van der Waals surface area contributed by atoms with Crippen molar-refractivity contribution in [3.8, 4) is 5.75 Å². The first-order valence-corrected chi connectivity index (χ1v) is 9.86. The first-order chi connectivity index (χ1) is 14.2. The summed E-state index contributed by atoms with van der Waals surface area (Å²) in [6.45, 7) is 4.87. The molecule has 1 aliphatic rings. The van der Waals surface area contributed by atoms with Crippen LogP contribution in [0.15, 0.2) is 85.1 Å². The Hall–Kier alpha value is -2.89. The van der Waals surface area contributed by atoms with E-state index in [0.717, 1.165) is 12.0 Å². The number of aliphatic hydroxyl groups is 1. The molecule has 0 saturated heterocycles. The fraction of sp³-hybridized carbons (Fsp3) is 0.292. The second kappa shape index (κ2) is 10.6. The van der Waals surface area contributed by atoms with E-state index in [1.807, 2.05) is 48.5 Å². The van der Waals surface area contributed by atoms with Gasteiger partial charge in [0.1, 0.15) is 5.75 Å². The van der Waals surface area contributed by atoms with Crippen LogP contribution < -0.4 is 4.74 Å². The summed E-state index contributed by atoms with van der Waals surface area (Å²) < 4.78 is 11.2. The van der Waals surface area contributed by atoms with Crippen LogP contribution >= 0.6 is 0 Å². The van der Waals surface area contributed by atoms with Gasteiger partial charge in [-0.2, -0.15) is 0 Å². The van der Waals surface area contributed by atoms with Gasteiger partial charge in [-0.25, -0.2) is 4.79 Å². The van der Waals surface area contributed by atoms with Crippen molar-refractivity contribution in [2.75, 3.05) is 6.61 Å². The average molecular weight is 393 g/mol. The van der Waals surface area contributed by atoms with Crippen LogP contribution in [0.25, 0.3) is 0 Å². The molecule has 0 aliphatic carbocycles. The summed E-state index contributed by atoms with van der Waals surface area (Å²) in [4.78, 5) is 14.3. The minimum Gasteiger partial charge on any atom is -0.410 e. The Morgan fingerprint density at radius 3 is 2.52 bits per heavy atom. The number of aliphatic hydroxyl groups excluding tert-OH is 1. The molecule has 0 saturated carbocycles. The van der Waals surface area contributed by atoms with Gasteiger partial charge in [-0.1, -0.05) is 61.2 Å². The van der Waals surface area contributed by atoms with Crippen molar-refractivity contribution in [3.63, 3.8) is 0 Å². The van der Waals surface area contributed by atoms with E-state index in [4.69, 9.17) is 9.47 Å². The van der Waals surface area contributed by atoms with Gasteiger partial charge in [-0.15, -0.1) is 0 Å². The first-order valence-electron chi connectivity index (χ1n) is 9.86. The van der Waals surface area contributed by atoms with E-state index in [9.17, 15) is 9.90 Å². The van der Waals surface area contributed by atoms with Gasteiger partial charge in [0.2, 0.25) is 0 Å². The van der Waals surface area contributed by atoms with Crippen LogP contribution in [-0.4, -0.2) is 34.9 Å². The SMILES string of the molecule is C=CC1=CN(C(=O)Oc2ccccc2)[C@@H](CCCOCc2ccccc2)C[C@H]1O. The molecule has 0 bridgehead atoms. The summed E-state index contributed by atoms with van der Waals surface area (Å²) >= 11 is 0. The van der Waals surface area contributed by atoms with E-state index in [1.54, 1.807) is 29.3 Å². The van der Waals surface area contributed by atoms with Crippen LogP contribution in [0, 0.1) is 0 Å². The Balaban J connectivity index is 1.56. The number of hydrogen-bond acceptors (Lipinski definition) is 4. The fourth-order valence-corrected chi connectivity index (χ4v) is 3.33. The molecule has 0 unspecified atom stereocenters. The molecule has 5 nitrogen and oxygen atoms in total. The zero-order chi connectivity index (χ0) is 20.5. The molecule has 152 valence electrons. The third-order valence-electron chi connectivity index (χ3n) is 4.89. The van der Waals surface area contributed by atoms with Crippen LogP contribution in [0.1, 0.15) is 24.8 Å². The van der Waals surface area contributed by atoms with Crippen molar-refractivity contribution in [1.82, 2.24) is 4.90 Å². The number of nitrogens with zero attached hydrogens (tertiary/aromatic N) is 1. The van der Waals surface area contributed by atoms with Crippen LogP contribution in [0.2, 0.25) is 0 Å². The molecule has 0 fully saturated rings. The summed E-state index contributed by atoms with van der Waals surface area (Å²) in [6, 6.07) is 18.8. The lowest BCUT2D eigenvalue weighted by Gasteiger charge is -2.35. The van der Waals surface area contributed by atoms with Crippen molar-refractivity contribution in [2.45, 2.75) is 38.0 Å². The van der Waals surface area contributed by atoms with E-state index in [-0.39, 0.29) is 6.04 Å². The zero-order valence-corrected chi connectivity index (χ0v) is 16.4. The van der Waals surface area contributed by atoms with Gasteiger partial charge < -0.3 is 14.6 Å². The van der Waals surface area contributed by atoms with Crippen molar-refractivity contribution in [1.29, 1.82) is 0 Å². The molecule has 29 heavy (non-hydrogen) atoms. The molecule has 0 aromatic heterocycles. The van der Waals surface area contributed by atoms with Crippen molar-refractivity contribution < 1.29 is 19.4 Å². The van der Waals surface area contributed by atoms with Gasteiger partial charge >= 0.3 is 6.09 Å². The number of hydrogen-bond donors (Lipinski definition) is 1. The molecule has 3 rings (SSSR count). The lowest BCUT2D eigenvalue weighted by atomic mass is 9.94. The molecular formula is C24H27NO4. The highest BCUT2D eigenvalue weighted by Crippen LogP contribution is 2.26. The van der Waals surface area contributed by atoms with Crippen molar-refractivity contribution in [3.05, 3.63) is 90.7 Å². The largest absolute Gasteiger partial charge is 0.419 e. The van der Waals surface area contributed by atoms with Gasteiger partial charge in [0.15, 0.2) is 0 Å². The molecule has 2 aromatic carbocycles. The third kappa shape index (κ3) is 6.04. The summed E-state index contributed by atoms with van der Waals surface area (Å²) in [5.74, 6) is 0.488. The lowest BCUT2D eigenvalue weighted by molar-refractivity contribution is 0.0904. The smallest absolute Gasteiger partial charge is 0.410 e. The number of ether oxygens (including phenoxy) is 2. The molecule has 1 N–H and O–H groups in total. The molecule has 5 heteroatoms. The highest BCUT2D eigenvalue weighted by molar-refractivity contribution is 5.72. The van der Waals surface area contributed by atoms with E-state index in [0.29, 0.717) is 37.4 Å². The van der Waals surface area contributed by atoms with E-state index in [1.165, 1.54) is 0 Å². The second-order valence-corrected chi connectivity index (χ2v) is 7.01. The number of benzene rings is 2. The number of para-hydroxylation sites is 1. The molecule has 0 spiro atoms. The Labute approximate surface area is 171 Å². The number of amides is 1. The molecule has 1 amide bonds. The Morgan fingerprint density at radius 2 is 1.83 bits per heavy atom. The molecular weight excluding hydrogens is 366 g/mol. The monoisotopic (exact) mass is 393 g/mol. The highest BCUT2D eigenvalue weighted by atomic mass is 16.6. The first kappa shape index (κ1) is 20.8. The minimum atomic E-state index is -0.636. The predicted octanol–water partition coefficient (Wildman–Crippen LogP) is 4.69. The van der Waals surface area contributed by atoms with Crippen LogP contribution in [0.5, 0.6) is 5.75 Å². The fourth-order valence-electron chi connectivity index (χ4n) is 3.33. The van der Waals surface area contributed by atoms with Crippen molar-refractivity contribution in [2.24, 2.45) is 0 Å². The highest BCUT2D eigenvalue weighted by Gasteiger charge is 2.31. The summed E-state index contributed by atoms with van der Waals surface area (Å²) in [6.07, 6.45) is 4.05. The van der Waals surface area contributed by atoms with E-state index >= 15 is 0 Å². The average Bonchev–Trinajstić information content (AvgIpc) is 2.75. The zero-order valence-electron chi connectivity index (χ0n) is 16.4. The molecule has 2 aromatic rings. The minimum absolute atomic E-state index is 0.162. The summed E-state index contributed by atoms with van der Waals surface area (Å²) in [5.41, 5.74) is 1.75. The van der Waals surface area contributed by atoms with Gasteiger partial charge in [-0.3, -0.25) is 4.90 Å². The molecule has 1 heterocycles. The lowest BCUT2D eigenvalue weighted by Crippen LogP contribution is -2.44. The molecule has 0 radical (unpaired) electrons. The van der Waals surface area contributed by atoms with Gasteiger partial charge in [0.05, 0.1) is 12.7 Å². The molecule has 1 aliphatic heterocycles. The number of carbonyl (C=O) groups is 1. The van der Waals surface area contributed by atoms with Crippen LogP contribution in [0.3, 0.4) is 0 Å². The maximum atomic E-state index is 12.7. The standard InChI is InChI=1S/C24H27NO4/c1-2-20-17-25(24(27)29-22-13-7-4-8-14-22)21(16-23(20)26)12-9-15-28-18-19-10-5-3-6-11-19/h2-8,10-11,13-14,17,21,23,26H,1,9,12,15-16,18H2/t21-,23+/m0/s1. The predicted molar refractivity (Wildman–Crippen MR) is 112 cm³/mol. The van der Waals surface area contributed by atoms with E-state index < -0.39 is 12.2 Å². The van der Waals surface area contributed by atoms with Gasteiger partial charge in [0, 0.05) is 18.8 Å². The Kier molecular flexibility index (Phi) is 7.61. The normalized spacial score (nSPS) is 18.8. The van der Waals surface area contributed by atoms with Crippen LogP contribution in [-0.2, 0) is 11.3 Å². The third-order valence-corrected chi connectivity index (χ3v) is 4.89. The molecule has 2 atom stereocenters. The van der Waals surface area contributed by atoms with E-state index in [2.05, 4.69) is 6.58 Å². The topological polar surface area (TPSA) is 59.0 Å².